The van der Waals surface area contributed by atoms with E-state index in [0.717, 1.165) is 43.4 Å². The molecule has 1 aliphatic rings. The van der Waals surface area contributed by atoms with Gasteiger partial charge in [-0.3, -0.25) is 14.4 Å². The summed E-state index contributed by atoms with van der Waals surface area (Å²) in [5.74, 6) is -0.252. The van der Waals surface area contributed by atoms with Crippen LogP contribution in [-0.4, -0.2) is 36.5 Å². The summed E-state index contributed by atoms with van der Waals surface area (Å²) >= 11 is 1.62. The fourth-order valence-corrected chi connectivity index (χ4v) is 5.27. The van der Waals surface area contributed by atoms with Gasteiger partial charge in [0.05, 0.1) is 12.1 Å². The van der Waals surface area contributed by atoms with Gasteiger partial charge >= 0.3 is 5.97 Å². The van der Waals surface area contributed by atoms with Crippen LogP contribution in [0.25, 0.3) is 16.1 Å². The van der Waals surface area contributed by atoms with Gasteiger partial charge in [0.25, 0.3) is 0 Å². The largest absolute Gasteiger partial charge is 0.481 e. The van der Waals surface area contributed by atoms with Crippen LogP contribution in [0.1, 0.15) is 45.7 Å². The van der Waals surface area contributed by atoms with Crippen molar-refractivity contribution < 1.29 is 14.3 Å². The minimum absolute atomic E-state index is 0.187. The Kier molecular flexibility index (Phi) is 5.13. The van der Waals surface area contributed by atoms with Crippen LogP contribution in [0.4, 0.5) is 4.39 Å². The van der Waals surface area contributed by atoms with Gasteiger partial charge in [-0.1, -0.05) is 24.3 Å². The summed E-state index contributed by atoms with van der Waals surface area (Å²) < 4.78 is 15.1. The highest BCUT2D eigenvalue weighted by atomic mass is 32.1. The molecule has 0 aliphatic carbocycles. The summed E-state index contributed by atoms with van der Waals surface area (Å²) in [7, 11) is 0. The van der Waals surface area contributed by atoms with E-state index in [1.165, 1.54) is 12.3 Å². The van der Waals surface area contributed by atoms with E-state index in [-0.39, 0.29) is 6.42 Å². The average molecular weight is 462 g/mol. The molecule has 0 saturated carbocycles. The number of carboxylic acid groups (broad SMARTS) is 1. The third-order valence-electron chi connectivity index (χ3n) is 5.83. The smallest absolute Gasteiger partial charge is 0.306 e. The van der Waals surface area contributed by atoms with Gasteiger partial charge in [0.1, 0.15) is 16.9 Å². The van der Waals surface area contributed by atoms with E-state index < -0.39 is 18.0 Å². The van der Waals surface area contributed by atoms with Crippen LogP contribution in [0.2, 0.25) is 0 Å². The topological polar surface area (TPSA) is 93.3 Å². The van der Waals surface area contributed by atoms with Crippen LogP contribution >= 0.6 is 11.3 Å². The van der Waals surface area contributed by atoms with Crippen LogP contribution < -0.4 is 0 Å². The highest BCUT2D eigenvalue weighted by molar-refractivity contribution is 7.15. The molecule has 0 fully saturated rings. The summed E-state index contributed by atoms with van der Waals surface area (Å²) in [4.78, 5) is 21.4. The lowest BCUT2D eigenvalue weighted by atomic mass is 9.97. The van der Waals surface area contributed by atoms with Gasteiger partial charge in [0.2, 0.25) is 5.95 Å². The summed E-state index contributed by atoms with van der Waals surface area (Å²) in [6, 6.07) is 10.1. The number of carboxylic acids is 1. The van der Waals surface area contributed by atoms with E-state index >= 15 is 0 Å². The first kappa shape index (κ1) is 21.1. The summed E-state index contributed by atoms with van der Waals surface area (Å²) in [5.41, 5.74) is 5.35. The number of aliphatic carboxylic acids is 1. The number of nitrogens with zero attached hydrogens (tertiary/aromatic N) is 5. The lowest BCUT2D eigenvalue weighted by molar-refractivity contribution is -0.137. The number of aliphatic imine (C=N–C) groups is 1. The molecule has 0 radical (unpaired) electrons. The molecule has 4 heterocycles. The Bertz CT molecular complexity index is 1400. The zero-order valence-corrected chi connectivity index (χ0v) is 19.0. The molecule has 0 saturated heterocycles. The van der Waals surface area contributed by atoms with Crippen molar-refractivity contribution in [2.75, 3.05) is 0 Å². The van der Waals surface area contributed by atoms with E-state index in [1.54, 1.807) is 17.4 Å². The number of aryl methyl sites for hydroxylation is 2. The molecule has 9 heteroatoms. The fraction of sp³-hybridized carbons (Fsp3) is 0.208. The molecule has 1 N–H and O–H groups in total. The van der Waals surface area contributed by atoms with Crippen molar-refractivity contribution in [1.29, 1.82) is 0 Å². The van der Waals surface area contributed by atoms with Crippen LogP contribution in [0.5, 0.6) is 0 Å². The predicted molar refractivity (Wildman–Crippen MR) is 124 cm³/mol. The summed E-state index contributed by atoms with van der Waals surface area (Å²) in [6.07, 6.45) is 1.31. The molecule has 7 nitrogen and oxygen atoms in total. The lowest BCUT2D eigenvalue weighted by Gasteiger charge is -2.11. The Morgan fingerprint density at radius 1 is 1.06 bits per heavy atom. The van der Waals surface area contributed by atoms with Crippen LogP contribution in [0, 0.1) is 26.7 Å². The molecule has 33 heavy (non-hydrogen) atoms. The third-order valence-corrected chi connectivity index (χ3v) is 7.02. The molecule has 1 aliphatic heterocycles. The first-order chi connectivity index (χ1) is 15.8. The molecule has 0 unspecified atom stereocenters. The first-order valence-electron chi connectivity index (χ1n) is 10.4. The fourth-order valence-electron chi connectivity index (χ4n) is 4.06. The molecular weight excluding hydrogens is 441 g/mol. The first-order valence-corrected chi connectivity index (χ1v) is 11.2. The molecule has 0 spiro atoms. The van der Waals surface area contributed by atoms with E-state index in [9.17, 15) is 14.3 Å². The van der Waals surface area contributed by atoms with Crippen molar-refractivity contribution in [2.24, 2.45) is 4.99 Å². The van der Waals surface area contributed by atoms with E-state index in [1.807, 2.05) is 35.8 Å². The minimum Gasteiger partial charge on any atom is -0.481 e. The zero-order chi connectivity index (χ0) is 23.3. The Morgan fingerprint density at radius 2 is 1.76 bits per heavy atom. The predicted octanol–water partition coefficient (Wildman–Crippen LogP) is 4.82. The minimum atomic E-state index is -0.951. The molecule has 5 rings (SSSR count). The van der Waals surface area contributed by atoms with Crippen molar-refractivity contribution in [3.8, 4) is 16.1 Å². The second kappa shape index (κ2) is 8.00. The molecule has 3 aromatic heterocycles. The zero-order valence-electron chi connectivity index (χ0n) is 18.2. The van der Waals surface area contributed by atoms with Gasteiger partial charge in [-0.25, -0.2) is 4.98 Å². The molecule has 4 aromatic rings. The second-order valence-corrected chi connectivity index (χ2v) is 9.15. The number of carbonyl (C=O) groups is 1. The third kappa shape index (κ3) is 3.64. The highest BCUT2D eigenvalue weighted by Gasteiger charge is 2.32. The number of benzene rings is 1. The maximum Gasteiger partial charge on any atom is 0.306 e. The molecule has 166 valence electrons. The summed E-state index contributed by atoms with van der Waals surface area (Å²) in [6.45, 7) is 5.97. The van der Waals surface area contributed by atoms with Crippen LogP contribution in [-0.2, 0) is 4.79 Å². The second-order valence-electron chi connectivity index (χ2n) is 7.94. The average Bonchev–Trinajstić information content (AvgIpc) is 3.26. The SMILES string of the molecule is Cc1sc2c(c1C)C(c1ccc(-c3ccc(F)nc3)cc1)=N[C@@H](CC(=O)O)c1nnc(C)n1-2. The van der Waals surface area contributed by atoms with Gasteiger partial charge in [-0.2, -0.15) is 4.39 Å². The van der Waals surface area contributed by atoms with Crippen molar-refractivity contribution in [2.45, 2.75) is 33.2 Å². The number of thiophene rings is 1. The van der Waals surface area contributed by atoms with Crippen molar-refractivity contribution in [3.05, 3.63) is 81.8 Å². The number of hydrogen-bond donors (Lipinski definition) is 1. The lowest BCUT2D eigenvalue weighted by Crippen LogP contribution is -2.10. The number of fused-ring (bicyclic) bond motifs is 3. The maximum atomic E-state index is 13.2. The number of rotatable bonds is 4. The van der Waals surface area contributed by atoms with E-state index in [4.69, 9.17) is 4.99 Å². The molecule has 1 aromatic carbocycles. The van der Waals surface area contributed by atoms with Gasteiger partial charge in [0.15, 0.2) is 5.82 Å². The van der Waals surface area contributed by atoms with E-state index in [0.29, 0.717) is 11.6 Å². The van der Waals surface area contributed by atoms with Gasteiger partial charge in [-0.05, 0) is 44.0 Å². The molecule has 1 atom stereocenters. The number of halogens is 1. The standard InChI is InChI=1S/C24H20FN5O2S/c1-12-13(2)33-24-21(12)22(27-18(10-20(31)32)23-29-28-14(3)30(23)24)16-6-4-15(5-7-16)17-8-9-19(25)26-11-17/h4-9,11,18H,10H2,1-3H3,(H,31,32)/t18-/m0/s1. The van der Waals surface area contributed by atoms with Gasteiger partial charge in [0, 0.05) is 27.8 Å². The number of hydrogen-bond acceptors (Lipinski definition) is 6. The number of aromatic nitrogens is 4. The number of pyridine rings is 1. The Hall–Kier alpha value is -3.72. The molecular formula is C24H20FN5O2S. The van der Waals surface area contributed by atoms with Crippen LogP contribution in [0.15, 0.2) is 47.6 Å². The van der Waals surface area contributed by atoms with Crippen LogP contribution in [0.3, 0.4) is 0 Å². The highest BCUT2D eigenvalue weighted by Crippen LogP contribution is 2.39. The monoisotopic (exact) mass is 461 g/mol. The normalized spacial score (nSPS) is 14.9. The maximum absolute atomic E-state index is 13.2. The van der Waals surface area contributed by atoms with Gasteiger partial charge < -0.3 is 5.11 Å². The van der Waals surface area contributed by atoms with Gasteiger partial charge in [-0.15, -0.1) is 21.5 Å². The summed E-state index contributed by atoms with van der Waals surface area (Å²) in [5, 5.41) is 19.0. The quantitative estimate of drug-likeness (QED) is 0.440. The van der Waals surface area contributed by atoms with Crippen molar-refractivity contribution in [3.63, 3.8) is 0 Å². The van der Waals surface area contributed by atoms with E-state index in [2.05, 4.69) is 29.0 Å². The van der Waals surface area contributed by atoms with Crippen molar-refractivity contribution in [1.82, 2.24) is 19.7 Å². The Morgan fingerprint density at radius 3 is 2.42 bits per heavy atom. The molecule has 0 amide bonds. The Balaban J connectivity index is 1.68. The molecule has 0 bridgehead atoms. The van der Waals surface area contributed by atoms with Crippen molar-refractivity contribution >= 4 is 23.0 Å². The Labute approximate surface area is 193 Å².